The first-order valence-corrected chi connectivity index (χ1v) is 18.2. The van der Waals surface area contributed by atoms with Crippen LogP contribution in [0.25, 0.3) is 10.9 Å². The van der Waals surface area contributed by atoms with Gasteiger partial charge in [0.2, 0.25) is 5.88 Å². The molecule has 0 N–H and O–H groups in total. The molecule has 10 nitrogen and oxygen atoms in total. The van der Waals surface area contributed by atoms with Gasteiger partial charge < -0.3 is 18.9 Å². The van der Waals surface area contributed by atoms with E-state index in [1.165, 1.54) is 43.6 Å². The van der Waals surface area contributed by atoms with E-state index in [-0.39, 0.29) is 38.5 Å². The summed E-state index contributed by atoms with van der Waals surface area (Å²) in [5, 5.41) is 1.26. The molecule has 3 aromatic carbocycles. The molecule has 1 amide bonds. The van der Waals surface area contributed by atoms with E-state index in [9.17, 15) is 22.0 Å². The van der Waals surface area contributed by atoms with Crippen LogP contribution >= 0.6 is 23.2 Å². The number of aromatic nitrogens is 2. The van der Waals surface area contributed by atoms with Crippen LogP contribution in [0.2, 0.25) is 10.0 Å². The van der Waals surface area contributed by atoms with Crippen molar-refractivity contribution in [2.75, 3.05) is 31.0 Å². The van der Waals surface area contributed by atoms with Crippen molar-refractivity contribution in [3.8, 4) is 17.4 Å². The summed E-state index contributed by atoms with van der Waals surface area (Å²) < 4.78 is 65.0. The number of sulfonamides is 1. The lowest BCUT2D eigenvalue weighted by Gasteiger charge is -2.40. The number of fused-ring (bicyclic) bond motifs is 1. The molecule has 1 atom stereocenters. The number of carbonyl (C=O) groups is 1. The second-order valence-corrected chi connectivity index (χ2v) is 15.1. The third-order valence-electron chi connectivity index (χ3n) is 8.99. The highest BCUT2D eigenvalue weighted by atomic mass is 35.5. The number of carbonyl (C=O) groups excluding carboxylic acids is 1. The zero-order chi connectivity index (χ0) is 36.6. The highest BCUT2D eigenvalue weighted by Gasteiger charge is 2.29. The zero-order valence-electron chi connectivity index (χ0n) is 28.2. The third kappa shape index (κ3) is 7.76. The third-order valence-corrected chi connectivity index (χ3v) is 11.5. The monoisotopic (exact) mass is 757 g/mol. The van der Waals surface area contributed by atoms with Gasteiger partial charge in [-0.15, -0.1) is 0 Å². The van der Waals surface area contributed by atoms with Crippen LogP contribution in [0, 0.1) is 6.92 Å². The normalized spacial score (nSPS) is 15.4. The van der Waals surface area contributed by atoms with Gasteiger partial charge in [0.15, 0.2) is 0 Å². The van der Waals surface area contributed by atoms with Crippen LogP contribution in [-0.4, -0.2) is 73.0 Å². The number of aryl methyl sites for hydroxylation is 2. The number of halogens is 4. The highest BCUT2D eigenvalue weighted by molar-refractivity contribution is 7.92. The van der Waals surface area contributed by atoms with Gasteiger partial charge in [-0.1, -0.05) is 35.3 Å². The van der Waals surface area contributed by atoms with E-state index >= 15 is 0 Å². The zero-order valence-corrected chi connectivity index (χ0v) is 30.5. The van der Waals surface area contributed by atoms with Crippen molar-refractivity contribution in [2.45, 2.75) is 37.9 Å². The Morgan fingerprint density at radius 1 is 1.00 bits per heavy atom. The van der Waals surface area contributed by atoms with Crippen molar-refractivity contribution < 1.29 is 31.5 Å². The Hall–Kier alpha value is -4.43. The fourth-order valence-electron chi connectivity index (χ4n) is 6.12. The minimum absolute atomic E-state index is 0.00439. The molecule has 0 bridgehead atoms. The van der Waals surface area contributed by atoms with E-state index in [2.05, 4.69) is 21.5 Å². The van der Waals surface area contributed by atoms with Crippen LogP contribution in [0.3, 0.4) is 0 Å². The molecular formula is C36H35Cl2F2N5O5S. The molecule has 1 fully saturated rings. The van der Waals surface area contributed by atoms with E-state index in [1.54, 1.807) is 31.2 Å². The molecule has 2 aromatic heterocycles. The van der Waals surface area contributed by atoms with Crippen molar-refractivity contribution in [1.82, 2.24) is 19.4 Å². The molecule has 1 aliphatic heterocycles. The number of piperazine rings is 1. The van der Waals surface area contributed by atoms with Crippen LogP contribution < -0.4 is 13.8 Å². The number of benzene rings is 3. The summed E-state index contributed by atoms with van der Waals surface area (Å²) in [7, 11) is -0.672. The first-order valence-electron chi connectivity index (χ1n) is 16.0. The predicted molar refractivity (Wildman–Crippen MR) is 193 cm³/mol. The first-order chi connectivity index (χ1) is 24.2. The maximum Gasteiger partial charge on any atom is 0.387 e. The second-order valence-electron chi connectivity index (χ2n) is 12.4. The standard InChI is InChI=1S/C36H35Cl2F2N5O5S/c1-22-15-34(41-19-33(22)43(4)51(47,48)28-11-12-29(37)30(38)18-28)49-27-10-7-25-16-32(42(3)31(25)17-27)35(46)45-14-13-44(23(2)20-45)21-24-5-8-26(9-6-24)50-36(39)40/h5-12,15-19,23,36H,13-14,20-21H2,1-4H3. The Bertz CT molecular complexity index is 2200. The second kappa shape index (κ2) is 14.7. The van der Waals surface area contributed by atoms with Crippen LogP contribution in [0.4, 0.5) is 14.5 Å². The van der Waals surface area contributed by atoms with Gasteiger partial charge in [-0.3, -0.25) is 14.0 Å². The van der Waals surface area contributed by atoms with Gasteiger partial charge in [-0.25, -0.2) is 13.4 Å². The maximum atomic E-state index is 13.7. The van der Waals surface area contributed by atoms with Crippen LogP contribution in [-0.2, 0) is 23.6 Å². The molecule has 1 aliphatic rings. The summed E-state index contributed by atoms with van der Waals surface area (Å²) >= 11 is 12.0. The molecule has 5 aromatic rings. The maximum absolute atomic E-state index is 13.7. The van der Waals surface area contributed by atoms with Crippen LogP contribution in [0.5, 0.6) is 17.4 Å². The smallest absolute Gasteiger partial charge is 0.387 e. The summed E-state index contributed by atoms with van der Waals surface area (Å²) in [6, 6.07) is 19.8. The van der Waals surface area contributed by atoms with Crippen molar-refractivity contribution in [1.29, 1.82) is 0 Å². The molecule has 0 saturated carbocycles. The summed E-state index contributed by atoms with van der Waals surface area (Å²) in [6.07, 6.45) is 1.43. The number of amides is 1. The Kier molecular flexibility index (Phi) is 10.5. The lowest BCUT2D eigenvalue weighted by molar-refractivity contribution is -0.0498. The van der Waals surface area contributed by atoms with Gasteiger partial charge in [0, 0.05) is 63.8 Å². The summed E-state index contributed by atoms with van der Waals surface area (Å²) in [5.74, 6) is 0.803. The van der Waals surface area contributed by atoms with E-state index in [0.717, 1.165) is 20.8 Å². The van der Waals surface area contributed by atoms with Gasteiger partial charge >= 0.3 is 6.61 Å². The summed E-state index contributed by atoms with van der Waals surface area (Å²) in [6.45, 7) is 3.32. The molecule has 1 unspecified atom stereocenters. The topological polar surface area (TPSA) is 97.2 Å². The SMILES string of the molecule is Cc1cc(Oc2ccc3cc(C(=O)N4CCN(Cc5ccc(OC(F)F)cc5)C(C)C4)n(C)c3c2)ncc1N(C)S(=O)(=O)c1ccc(Cl)c(Cl)c1. The Morgan fingerprint density at radius 2 is 1.73 bits per heavy atom. The van der Waals surface area contributed by atoms with Crippen molar-refractivity contribution >= 4 is 55.7 Å². The molecule has 6 rings (SSSR count). The lowest BCUT2D eigenvalue weighted by Crippen LogP contribution is -2.53. The highest BCUT2D eigenvalue weighted by Crippen LogP contribution is 2.32. The minimum Gasteiger partial charge on any atom is -0.439 e. The summed E-state index contributed by atoms with van der Waals surface area (Å²) in [4.78, 5) is 22.2. The van der Waals surface area contributed by atoms with E-state index in [0.29, 0.717) is 48.9 Å². The number of ether oxygens (including phenoxy) is 2. The number of rotatable bonds is 10. The number of nitrogens with zero attached hydrogens (tertiary/aromatic N) is 5. The average Bonchev–Trinajstić information content (AvgIpc) is 3.42. The number of pyridine rings is 1. The van der Waals surface area contributed by atoms with Gasteiger partial charge in [0.25, 0.3) is 15.9 Å². The number of hydrogen-bond acceptors (Lipinski definition) is 7. The van der Waals surface area contributed by atoms with Crippen molar-refractivity contribution in [2.24, 2.45) is 7.05 Å². The number of anilines is 1. The number of hydrogen-bond donors (Lipinski definition) is 0. The Balaban J connectivity index is 1.12. The molecule has 51 heavy (non-hydrogen) atoms. The van der Waals surface area contributed by atoms with E-state index < -0.39 is 16.6 Å². The van der Waals surface area contributed by atoms with E-state index in [4.69, 9.17) is 27.9 Å². The molecule has 0 aliphatic carbocycles. The van der Waals surface area contributed by atoms with Crippen molar-refractivity contribution in [3.05, 3.63) is 106 Å². The van der Waals surface area contributed by atoms with Gasteiger partial charge in [0.1, 0.15) is 17.2 Å². The van der Waals surface area contributed by atoms with Gasteiger partial charge in [-0.2, -0.15) is 8.78 Å². The molecule has 268 valence electrons. The van der Waals surface area contributed by atoms with E-state index in [1.807, 2.05) is 34.7 Å². The van der Waals surface area contributed by atoms with Gasteiger partial charge in [0.05, 0.1) is 32.3 Å². The fraction of sp³-hybridized carbons (Fsp3) is 0.278. The van der Waals surface area contributed by atoms with Crippen LogP contribution in [0.1, 0.15) is 28.5 Å². The molecule has 3 heterocycles. The average molecular weight is 759 g/mol. The molecule has 15 heteroatoms. The molecule has 0 spiro atoms. The quantitative estimate of drug-likeness (QED) is 0.144. The lowest BCUT2D eigenvalue weighted by atomic mass is 10.1. The molecular weight excluding hydrogens is 723 g/mol. The first kappa shape index (κ1) is 36.4. The Morgan fingerprint density at radius 3 is 2.39 bits per heavy atom. The number of alkyl halides is 2. The Labute approximate surface area is 304 Å². The van der Waals surface area contributed by atoms with Crippen LogP contribution in [0.15, 0.2) is 83.9 Å². The predicted octanol–water partition coefficient (Wildman–Crippen LogP) is 7.75. The van der Waals surface area contributed by atoms with Crippen molar-refractivity contribution in [3.63, 3.8) is 0 Å². The summed E-state index contributed by atoms with van der Waals surface area (Å²) in [5.41, 5.74) is 3.28. The largest absolute Gasteiger partial charge is 0.439 e. The molecule has 0 radical (unpaired) electrons. The fourth-order valence-corrected chi connectivity index (χ4v) is 7.76. The van der Waals surface area contributed by atoms with Gasteiger partial charge in [-0.05, 0) is 73.5 Å². The minimum atomic E-state index is -3.94. The molecule has 1 saturated heterocycles.